The third kappa shape index (κ3) is 3.63. The summed E-state index contributed by atoms with van der Waals surface area (Å²) in [4.78, 5) is 23.1. The summed E-state index contributed by atoms with van der Waals surface area (Å²) < 4.78 is 10.7. The molecule has 1 N–H and O–H groups in total. The van der Waals surface area contributed by atoms with Crippen LogP contribution in [-0.4, -0.2) is 48.9 Å². The van der Waals surface area contributed by atoms with E-state index in [1.54, 1.807) is 26.2 Å². The number of aryl methyl sites for hydroxylation is 1. The quantitative estimate of drug-likeness (QED) is 0.621. The fourth-order valence-corrected chi connectivity index (χ4v) is 4.22. The number of nitrogens with zero attached hydrogens (tertiary/aromatic N) is 3. The van der Waals surface area contributed by atoms with Crippen LogP contribution in [0.1, 0.15) is 4.88 Å². The first kappa shape index (κ1) is 19.2. The zero-order valence-electron chi connectivity index (χ0n) is 15.2. The SMILES string of the molecule is COc1ccc(-c2c(C)sc3nc(Cl)nc(N(C)CC(=O)O)c23)cc1OC. The van der Waals surface area contributed by atoms with Crippen LogP contribution in [0.25, 0.3) is 21.3 Å². The van der Waals surface area contributed by atoms with Crippen molar-refractivity contribution in [3.8, 4) is 22.6 Å². The molecule has 7 nitrogen and oxygen atoms in total. The second-order valence-electron chi connectivity index (χ2n) is 5.85. The number of likely N-dealkylation sites (N-methyl/N-ethyl adjacent to an activating group) is 1. The van der Waals surface area contributed by atoms with Gasteiger partial charge in [0.05, 0.1) is 19.6 Å². The van der Waals surface area contributed by atoms with Crippen LogP contribution in [-0.2, 0) is 4.79 Å². The van der Waals surface area contributed by atoms with Crippen LogP contribution in [0.2, 0.25) is 5.28 Å². The lowest BCUT2D eigenvalue weighted by atomic mass is 10.0. The Labute approximate surface area is 165 Å². The van der Waals surface area contributed by atoms with Crippen LogP contribution >= 0.6 is 22.9 Å². The second kappa shape index (κ2) is 7.58. The highest BCUT2D eigenvalue weighted by atomic mass is 35.5. The topological polar surface area (TPSA) is 84.8 Å². The molecule has 3 rings (SSSR count). The maximum atomic E-state index is 11.2. The molecule has 0 unspecified atom stereocenters. The number of anilines is 1. The lowest BCUT2D eigenvalue weighted by molar-refractivity contribution is -0.135. The molecule has 0 radical (unpaired) electrons. The van der Waals surface area contributed by atoms with Crippen molar-refractivity contribution in [3.05, 3.63) is 28.4 Å². The number of thiophene rings is 1. The Kier molecular flexibility index (Phi) is 5.38. The largest absolute Gasteiger partial charge is 0.493 e. The van der Waals surface area contributed by atoms with Gasteiger partial charge in [-0.3, -0.25) is 4.79 Å². The maximum absolute atomic E-state index is 11.2. The molecule has 0 aliphatic rings. The van der Waals surface area contributed by atoms with Gasteiger partial charge in [0.2, 0.25) is 5.28 Å². The molecule has 0 aliphatic carbocycles. The van der Waals surface area contributed by atoms with E-state index in [1.165, 1.54) is 11.3 Å². The van der Waals surface area contributed by atoms with Gasteiger partial charge in [-0.25, -0.2) is 4.98 Å². The van der Waals surface area contributed by atoms with E-state index in [-0.39, 0.29) is 11.8 Å². The summed E-state index contributed by atoms with van der Waals surface area (Å²) in [6, 6.07) is 5.63. The molecule has 0 aliphatic heterocycles. The van der Waals surface area contributed by atoms with Crippen molar-refractivity contribution >= 4 is 44.9 Å². The zero-order chi connectivity index (χ0) is 19.7. The van der Waals surface area contributed by atoms with E-state index in [4.69, 9.17) is 26.2 Å². The van der Waals surface area contributed by atoms with E-state index >= 15 is 0 Å². The lowest BCUT2D eigenvalue weighted by Crippen LogP contribution is -2.26. The molecule has 0 saturated carbocycles. The van der Waals surface area contributed by atoms with Crippen LogP contribution < -0.4 is 14.4 Å². The summed E-state index contributed by atoms with van der Waals surface area (Å²) in [5.41, 5.74) is 1.81. The fraction of sp³-hybridized carbons (Fsp3) is 0.278. The van der Waals surface area contributed by atoms with Gasteiger partial charge in [0.1, 0.15) is 17.2 Å². The number of benzene rings is 1. The smallest absolute Gasteiger partial charge is 0.323 e. The number of carboxylic acid groups (broad SMARTS) is 1. The van der Waals surface area contributed by atoms with Crippen LogP contribution in [0.4, 0.5) is 5.82 Å². The van der Waals surface area contributed by atoms with Crippen molar-refractivity contribution in [3.63, 3.8) is 0 Å². The number of rotatable bonds is 6. The molecule has 0 fully saturated rings. The molecular formula is C18H18ClN3O4S. The number of ether oxygens (including phenoxy) is 2. The summed E-state index contributed by atoms with van der Waals surface area (Å²) in [6.45, 7) is 1.77. The molecule has 142 valence electrons. The van der Waals surface area contributed by atoms with Crippen molar-refractivity contribution in [2.75, 3.05) is 32.7 Å². The van der Waals surface area contributed by atoms with Crippen molar-refractivity contribution in [2.24, 2.45) is 0 Å². The van der Waals surface area contributed by atoms with Gasteiger partial charge in [-0.2, -0.15) is 4.98 Å². The Morgan fingerprint density at radius 1 is 1.26 bits per heavy atom. The Hall–Kier alpha value is -2.58. The third-order valence-corrected chi connectivity index (χ3v) is 5.26. The molecule has 0 spiro atoms. The molecular weight excluding hydrogens is 390 g/mol. The van der Waals surface area contributed by atoms with E-state index in [2.05, 4.69) is 9.97 Å². The molecule has 0 amide bonds. The molecule has 0 atom stereocenters. The van der Waals surface area contributed by atoms with Gasteiger partial charge in [0, 0.05) is 17.5 Å². The predicted molar refractivity (Wildman–Crippen MR) is 107 cm³/mol. The van der Waals surface area contributed by atoms with Crippen LogP contribution in [0.15, 0.2) is 18.2 Å². The number of hydrogen-bond donors (Lipinski definition) is 1. The normalized spacial score (nSPS) is 10.9. The summed E-state index contributed by atoms with van der Waals surface area (Å²) in [5.74, 6) is 0.742. The Morgan fingerprint density at radius 3 is 2.59 bits per heavy atom. The van der Waals surface area contributed by atoms with E-state index in [0.717, 1.165) is 21.4 Å². The molecule has 27 heavy (non-hydrogen) atoms. The Bertz CT molecular complexity index is 1020. The molecule has 9 heteroatoms. The predicted octanol–water partition coefficient (Wildman–Crippen LogP) is 3.86. The van der Waals surface area contributed by atoms with Crippen molar-refractivity contribution in [1.29, 1.82) is 0 Å². The highest BCUT2D eigenvalue weighted by Crippen LogP contribution is 2.44. The van der Waals surface area contributed by atoms with Gasteiger partial charge in [-0.1, -0.05) is 6.07 Å². The van der Waals surface area contributed by atoms with Gasteiger partial charge in [-0.05, 0) is 36.2 Å². The minimum absolute atomic E-state index is 0.0786. The van der Waals surface area contributed by atoms with Gasteiger partial charge < -0.3 is 19.5 Å². The van der Waals surface area contributed by atoms with Gasteiger partial charge in [0.25, 0.3) is 0 Å². The van der Waals surface area contributed by atoms with E-state index in [9.17, 15) is 4.79 Å². The van der Waals surface area contributed by atoms with Crippen LogP contribution in [0, 0.1) is 6.92 Å². The fourth-order valence-electron chi connectivity index (χ4n) is 2.96. The van der Waals surface area contributed by atoms with E-state index in [1.807, 2.05) is 25.1 Å². The van der Waals surface area contributed by atoms with Crippen LogP contribution in [0.3, 0.4) is 0 Å². The summed E-state index contributed by atoms with van der Waals surface area (Å²) in [5, 5.41) is 10.00. The summed E-state index contributed by atoms with van der Waals surface area (Å²) in [6.07, 6.45) is 0. The van der Waals surface area contributed by atoms with E-state index < -0.39 is 5.97 Å². The zero-order valence-corrected chi connectivity index (χ0v) is 16.8. The highest BCUT2D eigenvalue weighted by Gasteiger charge is 2.22. The minimum Gasteiger partial charge on any atom is -0.493 e. The van der Waals surface area contributed by atoms with Gasteiger partial charge >= 0.3 is 5.97 Å². The molecule has 2 heterocycles. The van der Waals surface area contributed by atoms with Crippen molar-refractivity contribution in [1.82, 2.24) is 9.97 Å². The Morgan fingerprint density at radius 2 is 1.96 bits per heavy atom. The molecule has 2 aromatic heterocycles. The number of fused-ring (bicyclic) bond motifs is 1. The van der Waals surface area contributed by atoms with Crippen LogP contribution in [0.5, 0.6) is 11.5 Å². The number of hydrogen-bond acceptors (Lipinski definition) is 7. The van der Waals surface area contributed by atoms with Gasteiger partial charge in [-0.15, -0.1) is 11.3 Å². The highest BCUT2D eigenvalue weighted by molar-refractivity contribution is 7.19. The maximum Gasteiger partial charge on any atom is 0.323 e. The molecule has 0 bridgehead atoms. The number of aromatic nitrogens is 2. The summed E-state index contributed by atoms with van der Waals surface area (Å²) >= 11 is 7.55. The molecule has 1 aromatic carbocycles. The average Bonchev–Trinajstić information content (AvgIpc) is 2.95. The van der Waals surface area contributed by atoms with Gasteiger partial charge in [0.15, 0.2) is 11.5 Å². The molecule has 0 saturated heterocycles. The number of halogens is 1. The first-order valence-electron chi connectivity index (χ1n) is 7.97. The second-order valence-corrected chi connectivity index (χ2v) is 7.39. The number of methoxy groups -OCH3 is 2. The monoisotopic (exact) mass is 407 g/mol. The van der Waals surface area contributed by atoms with Crippen molar-refractivity contribution < 1.29 is 19.4 Å². The first-order chi connectivity index (χ1) is 12.8. The minimum atomic E-state index is -0.958. The number of aliphatic carboxylic acids is 1. The average molecular weight is 408 g/mol. The van der Waals surface area contributed by atoms with E-state index in [0.29, 0.717) is 22.1 Å². The first-order valence-corrected chi connectivity index (χ1v) is 9.17. The lowest BCUT2D eigenvalue weighted by Gasteiger charge is -2.18. The van der Waals surface area contributed by atoms with Crippen molar-refractivity contribution in [2.45, 2.75) is 6.92 Å². The number of carboxylic acids is 1. The summed E-state index contributed by atoms with van der Waals surface area (Å²) in [7, 11) is 4.82. The number of carbonyl (C=O) groups is 1. The third-order valence-electron chi connectivity index (χ3n) is 4.09. The molecule has 3 aromatic rings. The Balaban J connectivity index is 2.27. The standard InChI is InChI=1S/C18H18ClN3O4S/c1-9-14(10-5-6-11(25-3)12(7-10)26-4)15-16(22(2)8-13(23)24)20-18(19)21-17(15)27-9/h5-7H,8H2,1-4H3,(H,23,24).